The van der Waals surface area contributed by atoms with Gasteiger partial charge in [-0.2, -0.15) is 0 Å². The number of nitrogens with zero attached hydrogens (tertiary/aromatic N) is 3. The summed E-state index contributed by atoms with van der Waals surface area (Å²) in [5.41, 5.74) is 0. The molecule has 4 nitrogen and oxygen atoms in total. The van der Waals surface area contributed by atoms with Crippen LogP contribution in [0.5, 0.6) is 0 Å². The number of piperazine rings is 1. The monoisotopic (exact) mass is 285 g/mol. The molecule has 0 spiro atoms. The van der Waals surface area contributed by atoms with Crippen molar-refractivity contribution in [1.82, 2.24) is 14.7 Å². The largest absolute Gasteiger partial charge is 0.382 e. The summed E-state index contributed by atoms with van der Waals surface area (Å²) in [5.74, 6) is 0. The van der Waals surface area contributed by atoms with Crippen LogP contribution in [0.25, 0.3) is 0 Å². The quantitative estimate of drug-likeness (QED) is 0.569. The zero-order valence-electron chi connectivity index (χ0n) is 14.1. The van der Waals surface area contributed by atoms with Crippen LogP contribution in [0.4, 0.5) is 0 Å². The fourth-order valence-corrected chi connectivity index (χ4v) is 2.57. The Bertz CT molecular complexity index is 228. The third kappa shape index (κ3) is 7.58. The highest BCUT2D eigenvalue weighted by Gasteiger charge is 2.16. The van der Waals surface area contributed by atoms with Crippen LogP contribution in [0.15, 0.2) is 0 Å². The molecule has 0 aromatic carbocycles. The van der Waals surface area contributed by atoms with Crippen molar-refractivity contribution in [2.45, 2.75) is 39.7 Å². The molecule has 4 heteroatoms. The van der Waals surface area contributed by atoms with Crippen molar-refractivity contribution in [3.63, 3.8) is 0 Å². The summed E-state index contributed by atoms with van der Waals surface area (Å²) in [4.78, 5) is 7.63. The molecule has 1 fully saturated rings. The minimum Gasteiger partial charge on any atom is -0.382 e. The molecule has 20 heavy (non-hydrogen) atoms. The molecular formula is C16H35N3O. The molecule has 1 saturated heterocycles. The van der Waals surface area contributed by atoms with Gasteiger partial charge in [-0.25, -0.2) is 0 Å². The van der Waals surface area contributed by atoms with E-state index < -0.39 is 0 Å². The molecular weight excluding hydrogens is 250 g/mol. The topological polar surface area (TPSA) is 19.0 Å². The van der Waals surface area contributed by atoms with Crippen LogP contribution in [0.1, 0.15) is 33.6 Å². The fraction of sp³-hybridized carbons (Fsp3) is 1.00. The lowest BCUT2D eigenvalue weighted by atomic mass is 10.2. The van der Waals surface area contributed by atoms with E-state index >= 15 is 0 Å². The van der Waals surface area contributed by atoms with Gasteiger partial charge in [0, 0.05) is 52.0 Å². The predicted molar refractivity (Wildman–Crippen MR) is 86.4 cm³/mol. The van der Waals surface area contributed by atoms with Gasteiger partial charge in [-0.3, -0.25) is 0 Å². The number of rotatable bonds is 10. The van der Waals surface area contributed by atoms with E-state index in [9.17, 15) is 0 Å². The van der Waals surface area contributed by atoms with Crippen molar-refractivity contribution in [3.05, 3.63) is 0 Å². The Morgan fingerprint density at radius 2 is 1.55 bits per heavy atom. The zero-order valence-corrected chi connectivity index (χ0v) is 14.1. The Morgan fingerprint density at radius 1 is 1.00 bits per heavy atom. The van der Waals surface area contributed by atoms with Crippen LogP contribution >= 0.6 is 0 Å². The molecule has 0 radical (unpaired) electrons. The van der Waals surface area contributed by atoms with Gasteiger partial charge in [0.1, 0.15) is 0 Å². The van der Waals surface area contributed by atoms with E-state index in [1.165, 1.54) is 58.7 Å². The minimum absolute atomic E-state index is 0.664. The van der Waals surface area contributed by atoms with E-state index in [1.807, 2.05) is 0 Å². The average Bonchev–Trinajstić information content (AvgIpc) is 2.45. The molecule has 0 saturated carbocycles. The van der Waals surface area contributed by atoms with Crippen molar-refractivity contribution >= 4 is 0 Å². The molecule has 120 valence electrons. The lowest BCUT2D eigenvalue weighted by molar-refractivity contribution is 0.102. The Hall–Kier alpha value is -0.160. The smallest absolute Gasteiger partial charge is 0.0478 e. The first-order valence-electron chi connectivity index (χ1n) is 8.36. The summed E-state index contributed by atoms with van der Waals surface area (Å²) < 4.78 is 5.40. The Kier molecular flexibility index (Phi) is 9.44. The Balaban J connectivity index is 2.01. The molecule has 0 aromatic rings. The van der Waals surface area contributed by atoms with E-state index in [0.29, 0.717) is 6.04 Å². The molecule has 0 aromatic heterocycles. The summed E-state index contributed by atoms with van der Waals surface area (Å²) in [6.45, 7) is 17.0. The zero-order chi connectivity index (χ0) is 14.8. The first-order chi connectivity index (χ1) is 9.63. The molecule has 1 heterocycles. The third-order valence-electron chi connectivity index (χ3n) is 4.30. The molecule has 0 aliphatic carbocycles. The maximum absolute atomic E-state index is 5.40. The van der Waals surface area contributed by atoms with E-state index in [-0.39, 0.29) is 0 Å². The maximum atomic E-state index is 5.40. The van der Waals surface area contributed by atoms with Gasteiger partial charge in [0.15, 0.2) is 0 Å². The molecule has 1 aliphatic heterocycles. The highest BCUT2D eigenvalue weighted by Crippen LogP contribution is 2.04. The lowest BCUT2D eigenvalue weighted by Gasteiger charge is -2.35. The van der Waals surface area contributed by atoms with Gasteiger partial charge < -0.3 is 19.4 Å². The summed E-state index contributed by atoms with van der Waals surface area (Å²) in [6.07, 6.45) is 2.46. The second-order valence-electron chi connectivity index (χ2n) is 6.16. The van der Waals surface area contributed by atoms with Crippen LogP contribution in [-0.2, 0) is 4.74 Å². The van der Waals surface area contributed by atoms with Crippen LogP contribution < -0.4 is 0 Å². The molecule has 0 bridgehead atoms. The molecule has 0 atom stereocenters. The second-order valence-corrected chi connectivity index (χ2v) is 6.16. The number of ether oxygens (including phenoxy) is 1. The number of hydrogen-bond donors (Lipinski definition) is 0. The Labute approximate surface area is 126 Å². The van der Waals surface area contributed by atoms with Crippen molar-refractivity contribution in [2.75, 3.05) is 66.1 Å². The summed E-state index contributed by atoms with van der Waals surface area (Å²) in [6, 6.07) is 0.664. The van der Waals surface area contributed by atoms with Crippen LogP contribution in [0.2, 0.25) is 0 Å². The van der Waals surface area contributed by atoms with Crippen LogP contribution in [0, 0.1) is 0 Å². The highest BCUT2D eigenvalue weighted by molar-refractivity contribution is 4.72. The standard InChI is InChI=1S/C16H35N3O/c1-5-20-15-7-10-19-13-11-18(12-14-19)9-6-8-17(4)16(2)3/h16H,5-15H2,1-4H3. The van der Waals surface area contributed by atoms with Gasteiger partial charge in [0.05, 0.1) is 0 Å². The maximum Gasteiger partial charge on any atom is 0.0478 e. The van der Waals surface area contributed by atoms with Gasteiger partial charge in [0.2, 0.25) is 0 Å². The fourth-order valence-electron chi connectivity index (χ4n) is 2.57. The van der Waals surface area contributed by atoms with Crippen LogP contribution in [0.3, 0.4) is 0 Å². The van der Waals surface area contributed by atoms with Gasteiger partial charge in [-0.05, 0) is 53.8 Å². The predicted octanol–water partition coefficient (Wildman–Crippen LogP) is 1.76. The summed E-state index contributed by atoms with van der Waals surface area (Å²) >= 11 is 0. The highest BCUT2D eigenvalue weighted by atomic mass is 16.5. The van der Waals surface area contributed by atoms with E-state index in [1.54, 1.807) is 0 Å². The lowest BCUT2D eigenvalue weighted by Crippen LogP contribution is -2.47. The minimum atomic E-state index is 0.664. The van der Waals surface area contributed by atoms with Gasteiger partial charge >= 0.3 is 0 Å². The second kappa shape index (κ2) is 10.6. The van der Waals surface area contributed by atoms with E-state index in [2.05, 4.69) is 42.5 Å². The Morgan fingerprint density at radius 3 is 2.05 bits per heavy atom. The van der Waals surface area contributed by atoms with Crippen molar-refractivity contribution in [1.29, 1.82) is 0 Å². The van der Waals surface area contributed by atoms with E-state index in [0.717, 1.165) is 13.2 Å². The van der Waals surface area contributed by atoms with Gasteiger partial charge in [-0.1, -0.05) is 0 Å². The molecule has 0 N–H and O–H groups in total. The normalized spacial score (nSPS) is 18.3. The molecule has 1 rings (SSSR count). The van der Waals surface area contributed by atoms with Crippen LogP contribution in [-0.4, -0.2) is 86.8 Å². The third-order valence-corrected chi connectivity index (χ3v) is 4.30. The first-order valence-corrected chi connectivity index (χ1v) is 8.36. The van der Waals surface area contributed by atoms with Gasteiger partial charge in [0.25, 0.3) is 0 Å². The van der Waals surface area contributed by atoms with Gasteiger partial charge in [-0.15, -0.1) is 0 Å². The van der Waals surface area contributed by atoms with Crippen molar-refractivity contribution in [2.24, 2.45) is 0 Å². The average molecular weight is 285 g/mol. The molecule has 1 aliphatic rings. The number of hydrogen-bond acceptors (Lipinski definition) is 4. The molecule has 0 amide bonds. The van der Waals surface area contributed by atoms with E-state index in [4.69, 9.17) is 4.74 Å². The first kappa shape index (κ1) is 17.9. The molecule has 0 unspecified atom stereocenters. The SMILES string of the molecule is CCOCCCN1CCN(CCCN(C)C(C)C)CC1. The van der Waals surface area contributed by atoms with Crippen molar-refractivity contribution in [3.8, 4) is 0 Å². The summed E-state index contributed by atoms with van der Waals surface area (Å²) in [5, 5.41) is 0. The summed E-state index contributed by atoms with van der Waals surface area (Å²) in [7, 11) is 2.22. The van der Waals surface area contributed by atoms with Crippen molar-refractivity contribution < 1.29 is 4.74 Å².